The van der Waals surface area contributed by atoms with Crippen LogP contribution in [-0.4, -0.2) is 35.5 Å². The number of hydrazine groups is 1. The fraction of sp³-hybridized carbons (Fsp3) is 0.333. The fourth-order valence-corrected chi connectivity index (χ4v) is 2.97. The minimum Gasteiger partial charge on any atom is -0.357 e. The largest absolute Gasteiger partial charge is 0.357 e. The Morgan fingerprint density at radius 1 is 1.19 bits per heavy atom. The summed E-state index contributed by atoms with van der Waals surface area (Å²) in [6, 6.07) is 6.72. The number of ether oxygens (including phenoxy) is 1. The van der Waals surface area contributed by atoms with Gasteiger partial charge in [-0.3, -0.25) is 14.6 Å². The molecule has 1 aromatic rings. The lowest BCUT2D eigenvalue weighted by Gasteiger charge is -2.39. The number of benzene rings is 1. The van der Waals surface area contributed by atoms with Crippen LogP contribution in [0.5, 0.6) is 0 Å². The standard InChI is InChI=1S/C15H15ClN2O3/c1-8-7-18(17-9(2)21-8)13-12(16)14(19)10-5-3-4-6-11(10)15(13)20/h3-6,8-9,17H,7H2,1-2H3/t8-,9-/m0/s1. The summed E-state index contributed by atoms with van der Waals surface area (Å²) in [6.45, 7) is 4.18. The number of halogens is 1. The van der Waals surface area contributed by atoms with Gasteiger partial charge in [-0.25, -0.2) is 5.43 Å². The number of nitrogens with one attached hydrogen (secondary N) is 1. The molecule has 1 aliphatic carbocycles. The zero-order valence-corrected chi connectivity index (χ0v) is 12.5. The molecule has 0 unspecified atom stereocenters. The summed E-state index contributed by atoms with van der Waals surface area (Å²) in [6.07, 6.45) is -0.330. The van der Waals surface area contributed by atoms with Crippen molar-refractivity contribution < 1.29 is 14.3 Å². The number of fused-ring (bicyclic) bond motifs is 1. The van der Waals surface area contributed by atoms with Gasteiger partial charge < -0.3 is 4.74 Å². The van der Waals surface area contributed by atoms with Crippen molar-refractivity contribution in [1.29, 1.82) is 0 Å². The van der Waals surface area contributed by atoms with Crippen LogP contribution in [0.2, 0.25) is 0 Å². The molecule has 0 saturated carbocycles. The first kappa shape index (κ1) is 14.3. The van der Waals surface area contributed by atoms with E-state index < -0.39 is 0 Å². The molecule has 21 heavy (non-hydrogen) atoms. The van der Waals surface area contributed by atoms with Crippen LogP contribution in [0.3, 0.4) is 0 Å². The van der Waals surface area contributed by atoms with Gasteiger partial charge in [-0.15, -0.1) is 0 Å². The summed E-state index contributed by atoms with van der Waals surface area (Å²) in [5, 5.41) is 1.57. The van der Waals surface area contributed by atoms with Crippen LogP contribution in [0.25, 0.3) is 0 Å². The van der Waals surface area contributed by atoms with E-state index in [9.17, 15) is 9.59 Å². The van der Waals surface area contributed by atoms with Crippen LogP contribution in [0.1, 0.15) is 34.6 Å². The summed E-state index contributed by atoms with van der Waals surface area (Å²) in [5.74, 6) is -0.570. The number of hydrogen-bond acceptors (Lipinski definition) is 5. The molecule has 1 heterocycles. The topological polar surface area (TPSA) is 58.6 Å². The van der Waals surface area contributed by atoms with E-state index in [1.54, 1.807) is 29.3 Å². The van der Waals surface area contributed by atoms with E-state index in [1.165, 1.54) is 0 Å². The lowest BCUT2D eigenvalue weighted by atomic mass is 9.92. The molecule has 2 aliphatic rings. The van der Waals surface area contributed by atoms with Crippen molar-refractivity contribution in [2.75, 3.05) is 6.54 Å². The van der Waals surface area contributed by atoms with Crippen molar-refractivity contribution in [2.24, 2.45) is 0 Å². The molecule has 2 atom stereocenters. The Morgan fingerprint density at radius 3 is 2.43 bits per heavy atom. The van der Waals surface area contributed by atoms with Gasteiger partial charge in [0.25, 0.3) is 0 Å². The first-order valence-corrected chi connectivity index (χ1v) is 7.14. The molecular weight excluding hydrogens is 292 g/mol. The van der Waals surface area contributed by atoms with Gasteiger partial charge in [0.2, 0.25) is 11.6 Å². The van der Waals surface area contributed by atoms with E-state index in [4.69, 9.17) is 16.3 Å². The molecule has 110 valence electrons. The Labute approximate surface area is 127 Å². The highest BCUT2D eigenvalue weighted by atomic mass is 35.5. The Bertz CT molecular complexity index is 646. The van der Waals surface area contributed by atoms with Crippen molar-refractivity contribution in [3.8, 4) is 0 Å². The Balaban J connectivity index is 2.04. The van der Waals surface area contributed by atoms with Gasteiger partial charge in [-0.1, -0.05) is 35.9 Å². The van der Waals surface area contributed by atoms with Crippen LogP contribution in [0, 0.1) is 0 Å². The van der Waals surface area contributed by atoms with Crippen molar-refractivity contribution in [2.45, 2.75) is 26.2 Å². The number of Topliss-reactive ketones (excluding diaryl/α,β-unsaturated/α-hetero) is 2. The maximum Gasteiger partial charge on any atom is 0.212 e. The first-order valence-electron chi connectivity index (χ1n) is 6.76. The summed E-state index contributed by atoms with van der Waals surface area (Å²) < 4.78 is 5.56. The van der Waals surface area contributed by atoms with Gasteiger partial charge in [-0.2, -0.15) is 0 Å². The number of nitrogens with zero attached hydrogens (tertiary/aromatic N) is 1. The van der Waals surface area contributed by atoms with Gasteiger partial charge in [0, 0.05) is 11.1 Å². The van der Waals surface area contributed by atoms with E-state index in [0.717, 1.165) is 0 Å². The highest BCUT2D eigenvalue weighted by Crippen LogP contribution is 2.30. The second-order valence-corrected chi connectivity index (χ2v) is 5.57. The predicted molar refractivity (Wildman–Crippen MR) is 77.8 cm³/mol. The molecule has 0 aromatic heterocycles. The van der Waals surface area contributed by atoms with E-state index in [1.807, 2.05) is 13.8 Å². The van der Waals surface area contributed by atoms with Gasteiger partial charge in [0.15, 0.2) is 0 Å². The second-order valence-electron chi connectivity index (χ2n) is 5.20. The molecule has 0 amide bonds. The Hall–Kier alpha value is -1.69. The highest BCUT2D eigenvalue weighted by molar-refractivity contribution is 6.49. The molecule has 0 spiro atoms. The molecule has 1 saturated heterocycles. The summed E-state index contributed by atoms with van der Waals surface area (Å²) in [4.78, 5) is 25.0. The minimum atomic E-state index is -0.324. The summed E-state index contributed by atoms with van der Waals surface area (Å²) >= 11 is 6.17. The molecule has 0 bridgehead atoms. The zero-order chi connectivity index (χ0) is 15.1. The maximum absolute atomic E-state index is 12.7. The van der Waals surface area contributed by atoms with Crippen LogP contribution < -0.4 is 5.43 Å². The van der Waals surface area contributed by atoms with E-state index in [-0.39, 0.29) is 34.6 Å². The SMILES string of the molecule is C[C@H]1CN(C2=C(Cl)C(=O)c3ccccc3C2=O)N[C@H](C)O1. The third-order valence-corrected chi connectivity index (χ3v) is 3.87. The molecule has 3 rings (SSSR count). The van der Waals surface area contributed by atoms with Crippen molar-refractivity contribution >= 4 is 23.2 Å². The molecule has 1 aliphatic heterocycles. The fourth-order valence-electron chi connectivity index (χ4n) is 2.68. The molecule has 5 nitrogen and oxygen atoms in total. The number of rotatable bonds is 1. The normalized spacial score (nSPS) is 26.1. The minimum absolute atomic E-state index is 0.0486. The highest BCUT2D eigenvalue weighted by Gasteiger charge is 2.36. The lowest BCUT2D eigenvalue weighted by Crippen LogP contribution is -2.55. The van der Waals surface area contributed by atoms with Crippen molar-refractivity contribution in [1.82, 2.24) is 10.4 Å². The monoisotopic (exact) mass is 306 g/mol. The number of carbonyl (C=O) groups is 2. The van der Waals surface area contributed by atoms with E-state index >= 15 is 0 Å². The quantitative estimate of drug-likeness (QED) is 0.861. The van der Waals surface area contributed by atoms with Crippen LogP contribution in [-0.2, 0) is 4.74 Å². The average Bonchev–Trinajstić information content (AvgIpc) is 2.44. The van der Waals surface area contributed by atoms with Crippen LogP contribution in [0.4, 0.5) is 0 Å². The molecule has 6 heteroatoms. The first-order chi connectivity index (χ1) is 9.99. The summed E-state index contributed by atoms with van der Waals surface area (Å²) in [5.41, 5.74) is 3.96. The second kappa shape index (κ2) is 5.26. The Kier molecular flexibility index (Phi) is 3.57. The smallest absolute Gasteiger partial charge is 0.212 e. The number of ketones is 2. The van der Waals surface area contributed by atoms with E-state index in [0.29, 0.717) is 17.7 Å². The van der Waals surface area contributed by atoms with Crippen LogP contribution in [0.15, 0.2) is 35.0 Å². The molecule has 1 fully saturated rings. The lowest BCUT2D eigenvalue weighted by molar-refractivity contribution is -0.103. The average molecular weight is 307 g/mol. The van der Waals surface area contributed by atoms with Crippen molar-refractivity contribution in [3.05, 3.63) is 46.1 Å². The molecule has 0 radical (unpaired) electrons. The molecular formula is C15H15ClN2O3. The van der Waals surface area contributed by atoms with Gasteiger partial charge in [-0.05, 0) is 13.8 Å². The molecule has 1 aromatic carbocycles. The molecule has 1 N–H and O–H groups in total. The van der Waals surface area contributed by atoms with Gasteiger partial charge in [0.05, 0.1) is 12.6 Å². The maximum atomic E-state index is 12.7. The van der Waals surface area contributed by atoms with Gasteiger partial charge in [0.1, 0.15) is 17.0 Å². The number of carbonyl (C=O) groups excluding carboxylic acids is 2. The zero-order valence-electron chi connectivity index (χ0n) is 11.7. The van der Waals surface area contributed by atoms with Gasteiger partial charge >= 0.3 is 0 Å². The third-order valence-electron chi connectivity index (χ3n) is 3.52. The number of allylic oxidation sites excluding steroid dienone is 2. The Morgan fingerprint density at radius 2 is 1.81 bits per heavy atom. The number of hydrogen-bond donors (Lipinski definition) is 1. The van der Waals surface area contributed by atoms with Crippen LogP contribution >= 0.6 is 11.6 Å². The predicted octanol–water partition coefficient (Wildman–Crippen LogP) is 2.09. The third kappa shape index (κ3) is 2.37. The summed E-state index contributed by atoms with van der Waals surface area (Å²) in [7, 11) is 0. The van der Waals surface area contributed by atoms with Crippen molar-refractivity contribution in [3.63, 3.8) is 0 Å². The van der Waals surface area contributed by atoms with E-state index in [2.05, 4.69) is 5.43 Å².